The van der Waals surface area contributed by atoms with Gasteiger partial charge in [0.2, 0.25) is 5.91 Å². The second-order valence-corrected chi connectivity index (χ2v) is 10.7. The van der Waals surface area contributed by atoms with Gasteiger partial charge in [0.15, 0.2) is 0 Å². The number of fused-ring (bicyclic) bond motifs is 3. The van der Waals surface area contributed by atoms with E-state index in [1.807, 2.05) is 6.07 Å². The van der Waals surface area contributed by atoms with Gasteiger partial charge in [-0.05, 0) is 49.1 Å². The first-order valence-corrected chi connectivity index (χ1v) is 13.0. The molecule has 1 aliphatic heterocycles. The lowest BCUT2D eigenvalue weighted by Gasteiger charge is -2.32. The van der Waals surface area contributed by atoms with Gasteiger partial charge in [-0.25, -0.2) is 4.98 Å². The molecule has 0 unspecified atom stereocenters. The fourth-order valence-electron chi connectivity index (χ4n) is 5.12. The highest BCUT2D eigenvalue weighted by atomic mass is 32.1. The van der Waals surface area contributed by atoms with Crippen LogP contribution in [0.15, 0.2) is 35.1 Å². The average molecular weight is 465 g/mol. The van der Waals surface area contributed by atoms with Crippen molar-refractivity contribution in [2.75, 3.05) is 13.1 Å². The van der Waals surface area contributed by atoms with Crippen molar-refractivity contribution in [1.29, 1.82) is 0 Å². The molecular weight excluding hydrogens is 432 g/mol. The van der Waals surface area contributed by atoms with Crippen LogP contribution in [-0.4, -0.2) is 39.9 Å². The first kappa shape index (κ1) is 22.3. The van der Waals surface area contributed by atoms with E-state index < -0.39 is 0 Å². The predicted molar refractivity (Wildman–Crippen MR) is 133 cm³/mol. The number of benzene rings is 1. The summed E-state index contributed by atoms with van der Waals surface area (Å²) >= 11 is 1.66. The Hall–Kier alpha value is -2.51. The number of nitrogens with zero attached hydrogens (tertiary/aromatic N) is 2. The highest BCUT2D eigenvalue weighted by molar-refractivity contribution is 7.18. The molecule has 2 N–H and O–H groups in total. The number of carbonyl (C=O) groups excluding carboxylic acids is 1. The van der Waals surface area contributed by atoms with E-state index in [1.165, 1.54) is 16.0 Å². The Labute approximate surface area is 198 Å². The number of carbonyl (C=O) groups is 1. The zero-order chi connectivity index (χ0) is 22.8. The normalized spacial score (nSPS) is 19.5. The SMILES string of the molecule is C[C@@H]1CCc2c(sc3nc(CCC(=O)NC4CCN(Cc5ccccc5)CC4)[nH]c(=O)c23)C1. The van der Waals surface area contributed by atoms with Crippen molar-refractivity contribution in [3.8, 4) is 0 Å². The second kappa shape index (κ2) is 9.77. The van der Waals surface area contributed by atoms with Crippen molar-refractivity contribution < 1.29 is 4.79 Å². The maximum Gasteiger partial charge on any atom is 0.259 e. The van der Waals surface area contributed by atoms with Gasteiger partial charge in [0.25, 0.3) is 5.56 Å². The summed E-state index contributed by atoms with van der Waals surface area (Å²) < 4.78 is 0. The summed E-state index contributed by atoms with van der Waals surface area (Å²) in [7, 11) is 0. The summed E-state index contributed by atoms with van der Waals surface area (Å²) in [6.45, 7) is 5.22. The summed E-state index contributed by atoms with van der Waals surface area (Å²) in [5.74, 6) is 1.32. The molecule has 174 valence electrons. The molecule has 0 bridgehead atoms. The van der Waals surface area contributed by atoms with Gasteiger partial charge in [-0.3, -0.25) is 14.5 Å². The minimum Gasteiger partial charge on any atom is -0.353 e. The molecular formula is C26H32N4O2S. The van der Waals surface area contributed by atoms with Gasteiger partial charge in [-0.1, -0.05) is 37.3 Å². The third-order valence-corrected chi connectivity index (χ3v) is 8.15. The van der Waals surface area contributed by atoms with Gasteiger partial charge in [-0.2, -0.15) is 0 Å². The highest BCUT2D eigenvalue weighted by Crippen LogP contribution is 2.35. The molecule has 0 saturated carbocycles. The third kappa shape index (κ3) is 5.20. The van der Waals surface area contributed by atoms with E-state index in [1.54, 1.807) is 11.3 Å². The molecule has 2 aromatic heterocycles. The Morgan fingerprint density at radius 1 is 1.21 bits per heavy atom. The van der Waals surface area contributed by atoms with Gasteiger partial charge in [-0.15, -0.1) is 11.3 Å². The van der Waals surface area contributed by atoms with E-state index in [0.717, 1.165) is 62.0 Å². The molecule has 1 aliphatic carbocycles. The summed E-state index contributed by atoms with van der Waals surface area (Å²) in [5, 5.41) is 3.96. The first-order valence-electron chi connectivity index (χ1n) is 12.1. The van der Waals surface area contributed by atoms with Crippen molar-refractivity contribution in [3.05, 3.63) is 62.5 Å². The fraction of sp³-hybridized carbons (Fsp3) is 0.500. The number of aryl methyl sites for hydroxylation is 2. The summed E-state index contributed by atoms with van der Waals surface area (Å²) in [6, 6.07) is 10.8. The monoisotopic (exact) mass is 464 g/mol. The Bertz CT molecular complexity index is 1180. The van der Waals surface area contributed by atoms with Crippen LogP contribution in [0.25, 0.3) is 10.2 Å². The lowest BCUT2D eigenvalue weighted by Crippen LogP contribution is -2.44. The third-order valence-electron chi connectivity index (χ3n) is 7.01. The first-order chi connectivity index (χ1) is 16.0. The van der Waals surface area contributed by atoms with Crippen LogP contribution in [-0.2, 0) is 30.6 Å². The standard InChI is InChI=1S/C26H32N4O2S/c1-17-7-8-20-21(15-17)33-26-24(20)25(32)28-22(29-26)9-10-23(31)27-19-11-13-30(14-12-19)16-18-5-3-2-4-6-18/h2-6,17,19H,7-16H2,1H3,(H,27,31)(H,28,29,32)/t17-/m1/s1. The minimum absolute atomic E-state index is 0.0403. The van der Waals surface area contributed by atoms with Crippen LogP contribution in [0.4, 0.5) is 0 Å². The molecule has 1 atom stereocenters. The molecule has 3 heterocycles. The average Bonchev–Trinajstić information content (AvgIpc) is 3.17. The Kier molecular flexibility index (Phi) is 6.60. The molecule has 6 nitrogen and oxygen atoms in total. The number of likely N-dealkylation sites (tertiary alicyclic amines) is 1. The van der Waals surface area contributed by atoms with Crippen LogP contribution in [0, 0.1) is 5.92 Å². The second-order valence-electron chi connectivity index (χ2n) is 9.65. The zero-order valence-corrected chi connectivity index (χ0v) is 20.0. The predicted octanol–water partition coefficient (Wildman–Crippen LogP) is 3.82. The van der Waals surface area contributed by atoms with Crippen molar-refractivity contribution in [3.63, 3.8) is 0 Å². The molecule has 5 rings (SSSR count). The molecule has 1 fully saturated rings. The van der Waals surface area contributed by atoms with E-state index >= 15 is 0 Å². The molecule has 1 amide bonds. The number of H-pyrrole nitrogens is 1. The maximum absolute atomic E-state index is 12.7. The number of aromatic amines is 1. The van der Waals surface area contributed by atoms with Crippen LogP contribution < -0.4 is 10.9 Å². The largest absolute Gasteiger partial charge is 0.353 e. The zero-order valence-electron chi connectivity index (χ0n) is 19.2. The smallest absolute Gasteiger partial charge is 0.259 e. The fourth-order valence-corrected chi connectivity index (χ4v) is 6.52. The van der Waals surface area contributed by atoms with E-state index in [2.05, 4.69) is 46.4 Å². The van der Waals surface area contributed by atoms with E-state index in [9.17, 15) is 9.59 Å². The summed E-state index contributed by atoms with van der Waals surface area (Å²) in [5.41, 5.74) is 2.48. The van der Waals surface area contributed by atoms with Gasteiger partial charge < -0.3 is 10.3 Å². The minimum atomic E-state index is -0.0479. The molecule has 2 aliphatic rings. The van der Waals surface area contributed by atoms with Crippen LogP contribution >= 0.6 is 11.3 Å². The lowest BCUT2D eigenvalue weighted by atomic mass is 9.89. The Balaban J connectivity index is 1.13. The number of aromatic nitrogens is 2. The van der Waals surface area contributed by atoms with Crippen LogP contribution in [0.2, 0.25) is 0 Å². The molecule has 33 heavy (non-hydrogen) atoms. The highest BCUT2D eigenvalue weighted by Gasteiger charge is 2.24. The van der Waals surface area contributed by atoms with Crippen LogP contribution in [0.3, 0.4) is 0 Å². The molecule has 7 heteroatoms. The quantitative estimate of drug-likeness (QED) is 0.581. The summed E-state index contributed by atoms with van der Waals surface area (Å²) in [6.07, 6.45) is 5.89. The van der Waals surface area contributed by atoms with Gasteiger partial charge in [0.05, 0.1) is 5.39 Å². The van der Waals surface area contributed by atoms with E-state index in [0.29, 0.717) is 24.6 Å². The Morgan fingerprint density at radius 2 is 2.00 bits per heavy atom. The van der Waals surface area contributed by atoms with Crippen LogP contribution in [0.5, 0.6) is 0 Å². The van der Waals surface area contributed by atoms with Gasteiger partial charge >= 0.3 is 0 Å². The molecule has 0 spiro atoms. The number of piperidine rings is 1. The van der Waals surface area contributed by atoms with Crippen molar-refractivity contribution in [2.24, 2.45) is 5.92 Å². The lowest BCUT2D eigenvalue weighted by molar-refractivity contribution is -0.122. The van der Waals surface area contributed by atoms with Gasteiger partial charge in [0, 0.05) is 43.4 Å². The van der Waals surface area contributed by atoms with Crippen molar-refractivity contribution in [1.82, 2.24) is 20.2 Å². The number of nitrogens with one attached hydrogen (secondary N) is 2. The number of amides is 1. The number of hydrogen-bond acceptors (Lipinski definition) is 5. The number of thiophene rings is 1. The topological polar surface area (TPSA) is 78.1 Å². The van der Waals surface area contributed by atoms with Gasteiger partial charge in [0.1, 0.15) is 10.7 Å². The van der Waals surface area contributed by atoms with E-state index in [4.69, 9.17) is 4.98 Å². The molecule has 1 aromatic carbocycles. The molecule has 3 aromatic rings. The van der Waals surface area contributed by atoms with Crippen molar-refractivity contribution in [2.45, 2.75) is 64.5 Å². The van der Waals surface area contributed by atoms with Crippen LogP contribution in [0.1, 0.15) is 54.4 Å². The molecule has 1 saturated heterocycles. The maximum atomic E-state index is 12.7. The number of hydrogen-bond donors (Lipinski definition) is 2. The number of rotatable bonds is 6. The van der Waals surface area contributed by atoms with E-state index in [-0.39, 0.29) is 17.5 Å². The van der Waals surface area contributed by atoms with Crippen molar-refractivity contribution >= 4 is 27.5 Å². The Morgan fingerprint density at radius 3 is 2.79 bits per heavy atom. The molecule has 0 radical (unpaired) electrons. The summed E-state index contributed by atoms with van der Waals surface area (Å²) in [4.78, 5) is 37.5.